The van der Waals surface area contributed by atoms with Crippen molar-refractivity contribution in [1.29, 1.82) is 0 Å². The average Bonchev–Trinajstić information content (AvgIpc) is 3.09. The summed E-state index contributed by atoms with van der Waals surface area (Å²) in [6.07, 6.45) is 2.36. The Labute approximate surface area is 96.8 Å². The molecule has 1 aromatic carbocycles. The number of hydrogen-bond donors (Lipinski definition) is 1. The van der Waals surface area contributed by atoms with E-state index in [0.717, 1.165) is 5.56 Å². The summed E-state index contributed by atoms with van der Waals surface area (Å²) in [4.78, 5) is 11.8. The Morgan fingerprint density at radius 1 is 1.31 bits per heavy atom. The van der Waals surface area contributed by atoms with E-state index in [1.807, 2.05) is 26.0 Å². The summed E-state index contributed by atoms with van der Waals surface area (Å²) in [7, 11) is 0. The maximum absolute atomic E-state index is 11.8. The number of Topliss-reactive ketones (excluding diaryl/α,β-unsaturated/α-hetero) is 1. The SMILES string of the molecule is CC(C)C(=O)c1ccc(C2(CN)CC2)cc1. The van der Waals surface area contributed by atoms with Gasteiger partial charge in [0.2, 0.25) is 0 Å². The van der Waals surface area contributed by atoms with Gasteiger partial charge in [-0.2, -0.15) is 0 Å². The van der Waals surface area contributed by atoms with E-state index in [9.17, 15) is 4.79 Å². The van der Waals surface area contributed by atoms with E-state index in [-0.39, 0.29) is 17.1 Å². The molecule has 1 aliphatic rings. The zero-order valence-electron chi connectivity index (χ0n) is 9.99. The standard InChI is InChI=1S/C14H19NO/c1-10(2)13(16)11-3-5-12(6-4-11)14(9-15)7-8-14/h3-6,10H,7-9,15H2,1-2H3. The van der Waals surface area contributed by atoms with Gasteiger partial charge in [-0.15, -0.1) is 0 Å². The second-order valence-corrected chi connectivity index (χ2v) is 5.08. The molecule has 0 radical (unpaired) electrons. The molecule has 1 aliphatic carbocycles. The summed E-state index contributed by atoms with van der Waals surface area (Å²) in [6.45, 7) is 4.57. The second-order valence-electron chi connectivity index (χ2n) is 5.08. The van der Waals surface area contributed by atoms with Crippen LogP contribution in [0, 0.1) is 5.92 Å². The first-order valence-corrected chi connectivity index (χ1v) is 5.94. The van der Waals surface area contributed by atoms with E-state index in [2.05, 4.69) is 12.1 Å². The van der Waals surface area contributed by atoms with Crippen LogP contribution in [0.5, 0.6) is 0 Å². The molecular formula is C14H19NO. The molecule has 0 heterocycles. The van der Waals surface area contributed by atoms with Crippen LogP contribution >= 0.6 is 0 Å². The van der Waals surface area contributed by atoms with E-state index in [1.165, 1.54) is 18.4 Å². The van der Waals surface area contributed by atoms with Crippen molar-refractivity contribution in [3.05, 3.63) is 35.4 Å². The predicted octanol–water partition coefficient (Wildman–Crippen LogP) is 2.52. The number of hydrogen-bond acceptors (Lipinski definition) is 2. The highest BCUT2D eigenvalue weighted by Gasteiger charge is 2.42. The van der Waals surface area contributed by atoms with E-state index in [0.29, 0.717) is 6.54 Å². The van der Waals surface area contributed by atoms with Gasteiger partial charge in [0.25, 0.3) is 0 Å². The fourth-order valence-electron chi connectivity index (χ4n) is 2.08. The molecular weight excluding hydrogens is 198 g/mol. The maximum atomic E-state index is 11.8. The van der Waals surface area contributed by atoms with Gasteiger partial charge in [-0.25, -0.2) is 0 Å². The number of carbonyl (C=O) groups excluding carboxylic acids is 1. The average molecular weight is 217 g/mol. The number of rotatable bonds is 4. The fraction of sp³-hybridized carbons (Fsp3) is 0.500. The monoisotopic (exact) mass is 217 g/mol. The Kier molecular flexibility index (Phi) is 2.85. The molecule has 16 heavy (non-hydrogen) atoms. The summed E-state index contributed by atoms with van der Waals surface area (Å²) in [6, 6.07) is 8.01. The number of nitrogens with two attached hydrogens (primary N) is 1. The smallest absolute Gasteiger partial charge is 0.165 e. The van der Waals surface area contributed by atoms with Gasteiger partial charge in [-0.1, -0.05) is 38.1 Å². The van der Waals surface area contributed by atoms with Gasteiger partial charge in [-0.05, 0) is 18.4 Å². The lowest BCUT2D eigenvalue weighted by atomic mass is 9.93. The highest BCUT2D eigenvalue weighted by Crippen LogP contribution is 2.47. The Morgan fingerprint density at radius 3 is 2.25 bits per heavy atom. The van der Waals surface area contributed by atoms with Crippen LogP contribution < -0.4 is 5.73 Å². The molecule has 2 N–H and O–H groups in total. The summed E-state index contributed by atoms with van der Waals surface area (Å²) in [5, 5.41) is 0. The topological polar surface area (TPSA) is 43.1 Å². The van der Waals surface area contributed by atoms with Crippen LogP contribution in [0.3, 0.4) is 0 Å². The van der Waals surface area contributed by atoms with Gasteiger partial charge < -0.3 is 5.73 Å². The third-order valence-corrected chi connectivity index (χ3v) is 3.55. The zero-order chi connectivity index (χ0) is 11.8. The lowest BCUT2D eigenvalue weighted by Gasteiger charge is -2.13. The molecule has 1 fully saturated rings. The second kappa shape index (κ2) is 4.02. The van der Waals surface area contributed by atoms with Crippen LogP contribution in [0.4, 0.5) is 0 Å². The highest BCUT2D eigenvalue weighted by atomic mass is 16.1. The number of benzene rings is 1. The van der Waals surface area contributed by atoms with Crippen molar-refractivity contribution in [3.63, 3.8) is 0 Å². The van der Waals surface area contributed by atoms with E-state index in [1.54, 1.807) is 0 Å². The van der Waals surface area contributed by atoms with Crippen LogP contribution in [0.2, 0.25) is 0 Å². The van der Waals surface area contributed by atoms with Crippen LogP contribution in [0.1, 0.15) is 42.6 Å². The molecule has 0 aromatic heterocycles. The Morgan fingerprint density at radius 2 is 1.88 bits per heavy atom. The van der Waals surface area contributed by atoms with Gasteiger partial charge >= 0.3 is 0 Å². The molecule has 2 nitrogen and oxygen atoms in total. The molecule has 0 atom stereocenters. The fourth-order valence-corrected chi connectivity index (χ4v) is 2.08. The van der Waals surface area contributed by atoms with Gasteiger partial charge in [0.1, 0.15) is 0 Å². The van der Waals surface area contributed by atoms with Crippen molar-refractivity contribution in [1.82, 2.24) is 0 Å². The largest absolute Gasteiger partial charge is 0.330 e. The van der Waals surface area contributed by atoms with Gasteiger partial charge in [-0.3, -0.25) is 4.79 Å². The third kappa shape index (κ3) is 1.90. The van der Waals surface area contributed by atoms with Crippen molar-refractivity contribution in [2.45, 2.75) is 32.1 Å². The van der Waals surface area contributed by atoms with E-state index in [4.69, 9.17) is 5.73 Å². The lowest BCUT2D eigenvalue weighted by Crippen LogP contribution is -2.19. The predicted molar refractivity (Wildman–Crippen MR) is 65.6 cm³/mol. The molecule has 1 aromatic rings. The van der Waals surface area contributed by atoms with Crippen molar-refractivity contribution in [3.8, 4) is 0 Å². The molecule has 0 bridgehead atoms. The van der Waals surface area contributed by atoms with Gasteiger partial charge in [0, 0.05) is 23.4 Å². The quantitative estimate of drug-likeness (QED) is 0.787. The molecule has 0 spiro atoms. The van der Waals surface area contributed by atoms with Gasteiger partial charge in [0.15, 0.2) is 5.78 Å². The minimum absolute atomic E-state index is 0.0650. The summed E-state index contributed by atoms with van der Waals surface area (Å²) in [5.41, 5.74) is 8.10. The molecule has 0 saturated heterocycles. The minimum Gasteiger partial charge on any atom is -0.330 e. The lowest BCUT2D eigenvalue weighted by molar-refractivity contribution is 0.0939. The minimum atomic E-state index is 0.0650. The first-order valence-electron chi connectivity index (χ1n) is 5.94. The molecule has 86 valence electrons. The summed E-state index contributed by atoms with van der Waals surface area (Å²) < 4.78 is 0. The van der Waals surface area contributed by atoms with Crippen LogP contribution in [0.25, 0.3) is 0 Å². The van der Waals surface area contributed by atoms with Crippen molar-refractivity contribution < 1.29 is 4.79 Å². The van der Waals surface area contributed by atoms with Crippen molar-refractivity contribution in [2.75, 3.05) is 6.54 Å². The zero-order valence-corrected chi connectivity index (χ0v) is 9.99. The molecule has 1 saturated carbocycles. The van der Waals surface area contributed by atoms with Crippen LogP contribution in [-0.2, 0) is 5.41 Å². The number of carbonyl (C=O) groups is 1. The van der Waals surface area contributed by atoms with Crippen LogP contribution in [0.15, 0.2) is 24.3 Å². The highest BCUT2D eigenvalue weighted by molar-refractivity contribution is 5.97. The number of ketones is 1. The Bertz CT molecular complexity index is 388. The van der Waals surface area contributed by atoms with Crippen LogP contribution in [-0.4, -0.2) is 12.3 Å². The molecule has 0 amide bonds. The van der Waals surface area contributed by atoms with E-state index < -0.39 is 0 Å². The first-order chi connectivity index (χ1) is 7.59. The first kappa shape index (κ1) is 11.3. The molecule has 2 rings (SSSR count). The molecule has 0 unspecified atom stereocenters. The molecule has 2 heteroatoms. The maximum Gasteiger partial charge on any atom is 0.165 e. The summed E-state index contributed by atoms with van der Waals surface area (Å²) in [5.74, 6) is 0.277. The van der Waals surface area contributed by atoms with Crippen molar-refractivity contribution >= 4 is 5.78 Å². The van der Waals surface area contributed by atoms with E-state index >= 15 is 0 Å². The third-order valence-electron chi connectivity index (χ3n) is 3.55. The molecule has 0 aliphatic heterocycles. The van der Waals surface area contributed by atoms with Crippen molar-refractivity contribution in [2.24, 2.45) is 11.7 Å². The normalized spacial score (nSPS) is 17.5. The summed E-state index contributed by atoms with van der Waals surface area (Å²) >= 11 is 0. The van der Waals surface area contributed by atoms with Gasteiger partial charge in [0.05, 0.1) is 0 Å². The Balaban J connectivity index is 2.20. The Hall–Kier alpha value is -1.15.